The van der Waals surface area contributed by atoms with Gasteiger partial charge in [-0.3, -0.25) is 4.79 Å². The largest absolute Gasteiger partial charge is 0.389 e. The number of hydrogen-bond acceptors (Lipinski definition) is 3. The standard InChI is InChI=1S/C14H18N2O2S/c1-8-3-5-10(13(15)19)7-11(8)16-14(17)12-6-4-9(2)18-12/h3,5,7,9,12H,4,6H2,1-2H3,(H2,15,19)(H,16,17). The Morgan fingerprint density at radius 2 is 2.21 bits per heavy atom. The average Bonchev–Trinajstić information content (AvgIpc) is 2.78. The average molecular weight is 278 g/mol. The van der Waals surface area contributed by atoms with E-state index in [-0.39, 0.29) is 18.1 Å². The SMILES string of the molecule is Cc1ccc(C(N)=S)cc1NC(=O)C1CCC(C)O1. The van der Waals surface area contributed by atoms with Crippen LogP contribution in [-0.2, 0) is 9.53 Å². The molecule has 5 heteroatoms. The number of carbonyl (C=O) groups excluding carboxylic acids is 1. The van der Waals surface area contributed by atoms with Gasteiger partial charge >= 0.3 is 0 Å². The molecule has 1 aliphatic rings. The van der Waals surface area contributed by atoms with Gasteiger partial charge in [0.25, 0.3) is 5.91 Å². The van der Waals surface area contributed by atoms with Crippen molar-refractivity contribution in [2.75, 3.05) is 5.32 Å². The third-order valence-electron chi connectivity index (χ3n) is 3.30. The number of hydrogen-bond donors (Lipinski definition) is 2. The molecule has 4 nitrogen and oxygen atoms in total. The number of benzene rings is 1. The van der Waals surface area contributed by atoms with Crippen LogP contribution in [0.3, 0.4) is 0 Å². The van der Waals surface area contributed by atoms with Crippen LogP contribution in [0.1, 0.15) is 30.9 Å². The molecule has 1 fully saturated rings. The van der Waals surface area contributed by atoms with Crippen molar-refractivity contribution in [3.05, 3.63) is 29.3 Å². The van der Waals surface area contributed by atoms with E-state index < -0.39 is 0 Å². The molecule has 0 radical (unpaired) electrons. The lowest BCUT2D eigenvalue weighted by Crippen LogP contribution is -2.28. The van der Waals surface area contributed by atoms with Gasteiger partial charge < -0.3 is 15.8 Å². The molecule has 0 saturated carbocycles. The second-order valence-electron chi connectivity index (χ2n) is 4.90. The van der Waals surface area contributed by atoms with E-state index in [9.17, 15) is 4.79 Å². The quantitative estimate of drug-likeness (QED) is 0.831. The Labute approximate surface area is 118 Å². The summed E-state index contributed by atoms with van der Waals surface area (Å²) >= 11 is 4.94. The number of anilines is 1. The third kappa shape index (κ3) is 3.30. The van der Waals surface area contributed by atoms with Crippen molar-refractivity contribution in [3.8, 4) is 0 Å². The molecule has 1 aliphatic heterocycles. The zero-order valence-corrected chi connectivity index (χ0v) is 11.9. The van der Waals surface area contributed by atoms with Crippen LogP contribution in [0.15, 0.2) is 18.2 Å². The Hall–Kier alpha value is -1.46. The monoisotopic (exact) mass is 278 g/mol. The van der Waals surface area contributed by atoms with E-state index in [1.165, 1.54) is 0 Å². The summed E-state index contributed by atoms with van der Waals surface area (Å²) < 4.78 is 5.55. The minimum Gasteiger partial charge on any atom is -0.389 e. The van der Waals surface area contributed by atoms with Gasteiger partial charge in [-0.15, -0.1) is 0 Å². The maximum Gasteiger partial charge on any atom is 0.253 e. The van der Waals surface area contributed by atoms with E-state index in [1.54, 1.807) is 6.07 Å². The van der Waals surface area contributed by atoms with Crippen LogP contribution in [0, 0.1) is 6.92 Å². The number of thiocarbonyl (C=S) groups is 1. The Bertz CT molecular complexity index is 516. The number of amides is 1. The molecule has 0 spiro atoms. The Morgan fingerprint density at radius 1 is 1.47 bits per heavy atom. The van der Waals surface area contributed by atoms with Crippen LogP contribution in [0.5, 0.6) is 0 Å². The van der Waals surface area contributed by atoms with E-state index in [1.807, 2.05) is 26.0 Å². The van der Waals surface area contributed by atoms with Crippen molar-refractivity contribution in [1.29, 1.82) is 0 Å². The lowest BCUT2D eigenvalue weighted by atomic mass is 10.1. The number of ether oxygens (including phenoxy) is 1. The molecule has 2 unspecified atom stereocenters. The number of nitrogens with one attached hydrogen (secondary N) is 1. The van der Waals surface area contributed by atoms with Crippen molar-refractivity contribution in [1.82, 2.24) is 0 Å². The van der Waals surface area contributed by atoms with Gasteiger partial charge in [-0.2, -0.15) is 0 Å². The number of aryl methyl sites for hydroxylation is 1. The zero-order chi connectivity index (χ0) is 14.0. The first kappa shape index (κ1) is 14.0. The molecule has 0 bridgehead atoms. The summed E-state index contributed by atoms with van der Waals surface area (Å²) in [5, 5.41) is 2.89. The van der Waals surface area contributed by atoms with E-state index in [2.05, 4.69) is 5.32 Å². The molecule has 1 heterocycles. The molecular weight excluding hydrogens is 260 g/mol. The van der Waals surface area contributed by atoms with Gasteiger partial charge in [0, 0.05) is 11.3 Å². The van der Waals surface area contributed by atoms with Gasteiger partial charge in [0.1, 0.15) is 11.1 Å². The maximum absolute atomic E-state index is 12.1. The summed E-state index contributed by atoms with van der Waals surface area (Å²) in [7, 11) is 0. The van der Waals surface area contributed by atoms with E-state index in [4.69, 9.17) is 22.7 Å². The van der Waals surface area contributed by atoms with Crippen molar-refractivity contribution in [3.63, 3.8) is 0 Å². The first-order valence-corrected chi connectivity index (χ1v) is 6.75. The summed E-state index contributed by atoms with van der Waals surface area (Å²) in [5.41, 5.74) is 8.05. The molecule has 1 aromatic rings. The first-order chi connectivity index (χ1) is 8.97. The summed E-state index contributed by atoms with van der Waals surface area (Å²) in [6.07, 6.45) is 1.48. The topological polar surface area (TPSA) is 64.3 Å². The van der Waals surface area contributed by atoms with Crippen molar-refractivity contribution < 1.29 is 9.53 Å². The van der Waals surface area contributed by atoms with Gasteiger partial charge in [-0.25, -0.2) is 0 Å². The molecule has 2 atom stereocenters. The fourth-order valence-corrected chi connectivity index (χ4v) is 2.25. The van der Waals surface area contributed by atoms with Gasteiger partial charge in [-0.1, -0.05) is 24.4 Å². The molecule has 102 valence electrons. The van der Waals surface area contributed by atoms with Gasteiger partial charge in [0.05, 0.1) is 6.10 Å². The number of rotatable bonds is 3. The predicted octanol–water partition coefficient (Wildman–Crippen LogP) is 2.14. The Balaban J connectivity index is 2.12. The molecule has 0 aliphatic carbocycles. The van der Waals surface area contributed by atoms with Crippen LogP contribution < -0.4 is 11.1 Å². The molecule has 0 aromatic heterocycles. The molecular formula is C14H18N2O2S. The Kier molecular flexibility index (Phi) is 4.17. The van der Waals surface area contributed by atoms with Crippen LogP contribution >= 0.6 is 12.2 Å². The van der Waals surface area contributed by atoms with E-state index >= 15 is 0 Å². The molecule has 1 aromatic carbocycles. The molecule has 1 amide bonds. The number of carbonyl (C=O) groups is 1. The van der Waals surface area contributed by atoms with E-state index in [0.29, 0.717) is 4.99 Å². The minimum absolute atomic E-state index is 0.104. The van der Waals surface area contributed by atoms with Crippen LogP contribution in [-0.4, -0.2) is 23.1 Å². The van der Waals surface area contributed by atoms with E-state index in [0.717, 1.165) is 29.7 Å². The highest BCUT2D eigenvalue weighted by atomic mass is 32.1. The minimum atomic E-state index is -0.358. The van der Waals surface area contributed by atoms with Gasteiger partial charge in [-0.05, 0) is 38.3 Å². The zero-order valence-electron chi connectivity index (χ0n) is 11.1. The molecule has 19 heavy (non-hydrogen) atoms. The summed E-state index contributed by atoms with van der Waals surface area (Å²) in [5.74, 6) is -0.104. The smallest absolute Gasteiger partial charge is 0.253 e. The first-order valence-electron chi connectivity index (χ1n) is 6.34. The van der Waals surface area contributed by atoms with Crippen molar-refractivity contribution in [2.24, 2.45) is 5.73 Å². The highest BCUT2D eigenvalue weighted by molar-refractivity contribution is 7.80. The normalized spacial score (nSPS) is 22.2. The fraction of sp³-hybridized carbons (Fsp3) is 0.429. The van der Waals surface area contributed by atoms with Crippen molar-refractivity contribution >= 4 is 28.8 Å². The van der Waals surface area contributed by atoms with Crippen molar-refractivity contribution in [2.45, 2.75) is 38.9 Å². The highest BCUT2D eigenvalue weighted by Gasteiger charge is 2.28. The lowest BCUT2D eigenvalue weighted by molar-refractivity contribution is -0.126. The van der Waals surface area contributed by atoms with Crippen LogP contribution in [0.25, 0.3) is 0 Å². The fourth-order valence-electron chi connectivity index (χ4n) is 2.12. The summed E-state index contributed by atoms with van der Waals surface area (Å²) in [6.45, 7) is 3.91. The van der Waals surface area contributed by atoms with Gasteiger partial charge in [0.15, 0.2) is 0 Å². The summed E-state index contributed by atoms with van der Waals surface area (Å²) in [6, 6.07) is 5.54. The second kappa shape index (κ2) is 5.67. The van der Waals surface area contributed by atoms with Crippen LogP contribution in [0.2, 0.25) is 0 Å². The molecule has 2 rings (SSSR count). The molecule has 3 N–H and O–H groups in total. The number of nitrogens with two attached hydrogens (primary N) is 1. The second-order valence-corrected chi connectivity index (χ2v) is 5.34. The molecule has 1 saturated heterocycles. The maximum atomic E-state index is 12.1. The third-order valence-corrected chi connectivity index (χ3v) is 3.54. The summed E-state index contributed by atoms with van der Waals surface area (Å²) in [4.78, 5) is 12.4. The predicted molar refractivity (Wildman–Crippen MR) is 79.3 cm³/mol. The van der Waals surface area contributed by atoms with Gasteiger partial charge in [0.2, 0.25) is 0 Å². The Morgan fingerprint density at radius 3 is 2.79 bits per heavy atom. The van der Waals surface area contributed by atoms with Crippen LogP contribution in [0.4, 0.5) is 5.69 Å². The highest BCUT2D eigenvalue weighted by Crippen LogP contribution is 2.22. The lowest BCUT2D eigenvalue weighted by Gasteiger charge is -2.14.